The molecule has 1 aromatic heterocycles. The Morgan fingerprint density at radius 2 is 1.92 bits per heavy atom. The Morgan fingerprint density at radius 1 is 1.33 bits per heavy atom. The summed E-state index contributed by atoms with van der Waals surface area (Å²) in [7, 11) is 0. The molecule has 1 aromatic rings. The number of hydrogen-bond donors (Lipinski definition) is 1. The number of nitrogens with zero attached hydrogens (tertiary/aromatic N) is 1. The van der Waals surface area contributed by atoms with Gasteiger partial charge < -0.3 is 5.73 Å². The number of nitrogens with two attached hydrogens (primary N) is 1. The Labute approximate surface area is 69.4 Å². The van der Waals surface area contributed by atoms with E-state index in [1.54, 1.807) is 0 Å². The van der Waals surface area contributed by atoms with Crippen molar-refractivity contribution < 1.29 is 8.78 Å². The normalized spacial score (nSPS) is 11.6. The minimum Gasteiger partial charge on any atom is -0.330 e. The lowest BCUT2D eigenvalue weighted by Gasteiger charge is -2.14. The van der Waals surface area contributed by atoms with Crippen LogP contribution in [0.4, 0.5) is 8.78 Å². The largest absolute Gasteiger partial charge is 0.330 e. The van der Waals surface area contributed by atoms with Crippen LogP contribution < -0.4 is 5.73 Å². The first-order chi connectivity index (χ1) is 5.67. The van der Waals surface area contributed by atoms with Crippen molar-refractivity contribution in [2.24, 2.45) is 5.73 Å². The molecule has 0 aromatic carbocycles. The molecule has 1 rings (SSSR count). The van der Waals surface area contributed by atoms with Crippen molar-refractivity contribution in [2.75, 3.05) is 6.54 Å². The van der Waals surface area contributed by atoms with E-state index in [2.05, 4.69) is 4.98 Å². The van der Waals surface area contributed by atoms with Gasteiger partial charge in [0.25, 0.3) is 5.92 Å². The zero-order valence-electron chi connectivity index (χ0n) is 6.50. The van der Waals surface area contributed by atoms with Crippen LogP contribution in [0.15, 0.2) is 24.5 Å². The highest BCUT2D eigenvalue weighted by Gasteiger charge is 2.29. The maximum absolute atomic E-state index is 13.0. The van der Waals surface area contributed by atoms with Gasteiger partial charge >= 0.3 is 0 Å². The van der Waals surface area contributed by atoms with E-state index in [-0.39, 0.29) is 18.5 Å². The fourth-order valence-electron chi connectivity index (χ4n) is 0.921. The molecule has 0 aliphatic carbocycles. The fourth-order valence-corrected chi connectivity index (χ4v) is 0.921. The van der Waals surface area contributed by atoms with Gasteiger partial charge in [0.05, 0.1) is 0 Å². The van der Waals surface area contributed by atoms with Crippen molar-refractivity contribution in [3.63, 3.8) is 0 Å². The highest BCUT2D eigenvalue weighted by atomic mass is 19.3. The first kappa shape index (κ1) is 9.06. The summed E-state index contributed by atoms with van der Waals surface area (Å²) in [6.07, 6.45) is 2.37. The molecular formula is C8H10F2N2. The van der Waals surface area contributed by atoms with E-state index in [0.29, 0.717) is 0 Å². The molecular weight excluding hydrogens is 162 g/mol. The lowest BCUT2D eigenvalue weighted by molar-refractivity contribution is -0.0108. The van der Waals surface area contributed by atoms with Crippen molar-refractivity contribution in [1.29, 1.82) is 0 Å². The summed E-state index contributed by atoms with van der Waals surface area (Å²) in [6, 6.07) is 2.60. The number of pyridine rings is 1. The molecule has 0 saturated carbocycles. The number of halogens is 2. The molecule has 0 amide bonds. The van der Waals surface area contributed by atoms with Crippen LogP contribution in [0, 0.1) is 0 Å². The van der Waals surface area contributed by atoms with E-state index in [4.69, 9.17) is 5.73 Å². The third kappa shape index (κ3) is 1.98. The molecule has 2 N–H and O–H groups in total. The molecule has 0 saturated heterocycles. The summed E-state index contributed by atoms with van der Waals surface area (Å²) in [5.41, 5.74) is 5.03. The maximum Gasteiger partial charge on any atom is 0.274 e. The van der Waals surface area contributed by atoms with Gasteiger partial charge in [-0.3, -0.25) is 4.98 Å². The monoisotopic (exact) mass is 172 g/mol. The summed E-state index contributed by atoms with van der Waals surface area (Å²) >= 11 is 0. The molecule has 1 heterocycles. The fraction of sp³-hybridized carbons (Fsp3) is 0.375. The molecule has 4 heteroatoms. The van der Waals surface area contributed by atoms with Crippen molar-refractivity contribution in [2.45, 2.75) is 12.3 Å². The predicted octanol–water partition coefficient (Wildman–Crippen LogP) is 1.52. The van der Waals surface area contributed by atoms with E-state index in [1.165, 1.54) is 24.5 Å². The number of rotatable bonds is 3. The summed E-state index contributed by atoms with van der Waals surface area (Å²) in [5.74, 6) is -2.82. The number of alkyl halides is 2. The molecule has 0 fully saturated rings. The highest BCUT2D eigenvalue weighted by Crippen LogP contribution is 2.30. The van der Waals surface area contributed by atoms with Crippen LogP contribution >= 0.6 is 0 Å². The van der Waals surface area contributed by atoms with E-state index in [0.717, 1.165) is 0 Å². The minimum atomic E-state index is -2.82. The Hall–Kier alpha value is -1.03. The topological polar surface area (TPSA) is 38.9 Å². The third-order valence-electron chi connectivity index (χ3n) is 1.56. The SMILES string of the molecule is NCCC(F)(F)c1ccncc1. The van der Waals surface area contributed by atoms with Gasteiger partial charge in [-0.05, 0) is 18.7 Å². The lowest BCUT2D eigenvalue weighted by atomic mass is 10.1. The Morgan fingerprint density at radius 3 is 2.42 bits per heavy atom. The maximum atomic E-state index is 13.0. The average molecular weight is 172 g/mol. The van der Waals surface area contributed by atoms with E-state index < -0.39 is 5.92 Å². The molecule has 0 aliphatic heterocycles. The Kier molecular flexibility index (Phi) is 2.70. The summed E-state index contributed by atoms with van der Waals surface area (Å²) in [5, 5.41) is 0. The van der Waals surface area contributed by atoms with Crippen LogP contribution in [0.1, 0.15) is 12.0 Å². The quantitative estimate of drug-likeness (QED) is 0.750. The Bertz CT molecular complexity index is 236. The molecule has 0 bridgehead atoms. The van der Waals surface area contributed by atoms with Gasteiger partial charge in [0.2, 0.25) is 0 Å². The molecule has 0 spiro atoms. The van der Waals surface area contributed by atoms with Crippen molar-refractivity contribution >= 4 is 0 Å². The molecule has 0 radical (unpaired) electrons. The van der Waals surface area contributed by atoms with E-state index >= 15 is 0 Å². The van der Waals surface area contributed by atoms with Crippen molar-refractivity contribution in [3.05, 3.63) is 30.1 Å². The first-order valence-electron chi connectivity index (χ1n) is 3.65. The smallest absolute Gasteiger partial charge is 0.274 e. The van der Waals surface area contributed by atoms with Gasteiger partial charge in [-0.1, -0.05) is 0 Å². The third-order valence-corrected chi connectivity index (χ3v) is 1.56. The molecule has 0 unspecified atom stereocenters. The summed E-state index contributed by atoms with van der Waals surface area (Å²) in [6.45, 7) is -0.0185. The van der Waals surface area contributed by atoms with E-state index in [1.807, 2.05) is 0 Å². The summed E-state index contributed by atoms with van der Waals surface area (Å²) in [4.78, 5) is 3.65. The molecule has 0 aliphatic rings. The molecule has 12 heavy (non-hydrogen) atoms. The molecule has 0 atom stereocenters. The van der Waals surface area contributed by atoms with Gasteiger partial charge in [0.15, 0.2) is 0 Å². The average Bonchev–Trinajstić information content (AvgIpc) is 2.06. The van der Waals surface area contributed by atoms with Crippen LogP contribution in [0.3, 0.4) is 0 Å². The van der Waals surface area contributed by atoms with Gasteiger partial charge in [-0.2, -0.15) is 0 Å². The molecule has 66 valence electrons. The van der Waals surface area contributed by atoms with Crippen LogP contribution in [0.2, 0.25) is 0 Å². The first-order valence-corrected chi connectivity index (χ1v) is 3.65. The second-order valence-electron chi connectivity index (χ2n) is 2.48. The highest BCUT2D eigenvalue weighted by molar-refractivity contribution is 5.15. The number of aromatic nitrogens is 1. The predicted molar refractivity (Wildman–Crippen MR) is 41.8 cm³/mol. The van der Waals surface area contributed by atoms with Gasteiger partial charge in [0, 0.05) is 24.4 Å². The second kappa shape index (κ2) is 3.58. The zero-order chi connectivity index (χ0) is 9.03. The van der Waals surface area contributed by atoms with Crippen LogP contribution in [-0.2, 0) is 5.92 Å². The zero-order valence-corrected chi connectivity index (χ0v) is 6.50. The second-order valence-corrected chi connectivity index (χ2v) is 2.48. The van der Waals surface area contributed by atoms with Gasteiger partial charge in [-0.15, -0.1) is 0 Å². The van der Waals surface area contributed by atoms with Crippen molar-refractivity contribution in [1.82, 2.24) is 4.98 Å². The lowest BCUT2D eigenvalue weighted by Crippen LogP contribution is -2.18. The standard InChI is InChI=1S/C8H10F2N2/c9-8(10,3-4-11)7-1-5-12-6-2-7/h1-2,5-6H,3-4,11H2. The van der Waals surface area contributed by atoms with Crippen LogP contribution in [0.5, 0.6) is 0 Å². The van der Waals surface area contributed by atoms with Gasteiger partial charge in [-0.25, -0.2) is 8.78 Å². The Balaban J connectivity index is 2.82. The van der Waals surface area contributed by atoms with Crippen molar-refractivity contribution in [3.8, 4) is 0 Å². The summed E-state index contributed by atoms with van der Waals surface area (Å²) < 4.78 is 26.1. The van der Waals surface area contributed by atoms with Gasteiger partial charge in [0.1, 0.15) is 0 Å². The van der Waals surface area contributed by atoms with Crippen LogP contribution in [0.25, 0.3) is 0 Å². The van der Waals surface area contributed by atoms with E-state index in [9.17, 15) is 8.78 Å². The minimum absolute atomic E-state index is 0.0185. The number of hydrogen-bond acceptors (Lipinski definition) is 2. The van der Waals surface area contributed by atoms with Crippen LogP contribution in [-0.4, -0.2) is 11.5 Å². The molecule has 2 nitrogen and oxygen atoms in total.